The smallest absolute Gasteiger partial charge is 0.0273 e. The second-order valence-corrected chi connectivity index (χ2v) is 5.27. The van der Waals surface area contributed by atoms with Crippen molar-refractivity contribution in [1.82, 2.24) is 0 Å². The summed E-state index contributed by atoms with van der Waals surface area (Å²) in [6.45, 7) is 15.2. The van der Waals surface area contributed by atoms with E-state index in [2.05, 4.69) is 41.5 Å². The lowest BCUT2D eigenvalue weighted by Crippen LogP contribution is -2.03. The Bertz CT molecular complexity index is 357. The van der Waals surface area contributed by atoms with Crippen LogP contribution in [-0.2, 0) is 6.42 Å². The van der Waals surface area contributed by atoms with E-state index >= 15 is 0 Å². The molecule has 0 unspecified atom stereocenters. The van der Waals surface area contributed by atoms with Gasteiger partial charge < -0.3 is 0 Å². The summed E-state index contributed by atoms with van der Waals surface area (Å²) in [4.78, 5) is 0. The predicted molar refractivity (Wildman–Crippen MR) is 77.7 cm³/mol. The Morgan fingerprint density at radius 3 is 1.59 bits per heavy atom. The van der Waals surface area contributed by atoms with Gasteiger partial charge in [0.05, 0.1) is 0 Å². The van der Waals surface area contributed by atoms with Crippen molar-refractivity contribution in [2.75, 3.05) is 0 Å². The van der Waals surface area contributed by atoms with E-state index in [0.717, 1.165) is 6.42 Å². The lowest BCUT2D eigenvalue weighted by molar-refractivity contribution is 0.682. The third-order valence-electron chi connectivity index (χ3n) is 4.33. The van der Waals surface area contributed by atoms with Gasteiger partial charge in [-0.1, -0.05) is 26.2 Å². The van der Waals surface area contributed by atoms with E-state index in [4.69, 9.17) is 0 Å². The van der Waals surface area contributed by atoms with E-state index in [0.29, 0.717) is 0 Å². The van der Waals surface area contributed by atoms with Gasteiger partial charge in [0.15, 0.2) is 0 Å². The zero-order chi connectivity index (χ0) is 13.0. The van der Waals surface area contributed by atoms with Gasteiger partial charge in [0, 0.05) is 0 Å². The number of hydrogen-bond donors (Lipinski definition) is 0. The fraction of sp³-hybridized carbons (Fsp3) is 0.588. The maximum Gasteiger partial charge on any atom is -0.0273 e. The minimum absolute atomic E-state index is 1.07. The molecule has 0 bridgehead atoms. The Balaban J connectivity index is 2.92. The van der Waals surface area contributed by atoms with Crippen LogP contribution in [0.15, 0.2) is 0 Å². The number of rotatable bonds is 5. The van der Waals surface area contributed by atoms with Gasteiger partial charge in [0.2, 0.25) is 0 Å². The van der Waals surface area contributed by atoms with Crippen LogP contribution in [0.1, 0.15) is 59.1 Å². The highest BCUT2D eigenvalue weighted by atomic mass is 14.2. The van der Waals surface area contributed by atoms with Crippen LogP contribution >= 0.6 is 0 Å². The fourth-order valence-electron chi connectivity index (χ4n) is 2.61. The maximum absolute atomic E-state index is 3.91. The Morgan fingerprint density at radius 2 is 1.12 bits per heavy atom. The second-order valence-electron chi connectivity index (χ2n) is 5.27. The van der Waals surface area contributed by atoms with E-state index in [9.17, 15) is 0 Å². The summed E-state index contributed by atoms with van der Waals surface area (Å²) in [6, 6.07) is 0. The average Bonchev–Trinajstić information content (AvgIpc) is 2.33. The summed E-state index contributed by atoms with van der Waals surface area (Å²) in [6.07, 6.45) is 6.19. The third-order valence-corrected chi connectivity index (χ3v) is 4.33. The summed E-state index contributed by atoms with van der Waals surface area (Å²) >= 11 is 0. The molecule has 1 radical (unpaired) electrons. The molecule has 0 nitrogen and oxygen atoms in total. The molecule has 1 rings (SSSR count). The van der Waals surface area contributed by atoms with Crippen molar-refractivity contribution >= 4 is 0 Å². The van der Waals surface area contributed by atoms with E-state index in [-0.39, 0.29) is 0 Å². The monoisotopic (exact) mass is 231 g/mol. The summed E-state index contributed by atoms with van der Waals surface area (Å²) < 4.78 is 0. The molecule has 0 fully saturated rings. The van der Waals surface area contributed by atoms with Crippen molar-refractivity contribution in [2.24, 2.45) is 0 Å². The molecule has 0 aromatic heterocycles. The van der Waals surface area contributed by atoms with Gasteiger partial charge in [-0.05, 0) is 80.8 Å². The highest BCUT2D eigenvalue weighted by molar-refractivity contribution is 5.49. The Labute approximate surface area is 107 Å². The van der Waals surface area contributed by atoms with E-state index in [1.807, 2.05) is 0 Å². The first kappa shape index (κ1) is 14.3. The highest BCUT2D eigenvalue weighted by Gasteiger charge is 2.11. The Kier molecular flexibility index (Phi) is 5.24. The summed E-state index contributed by atoms with van der Waals surface area (Å²) in [5.41, 5.74) is 9.07. The molecule has 0 saturated carbocycles. The van der Waals surface area contributed by atoms with Crippen molar-refractivity contribution in [2.45, 2.75) is 66.7 Å². The van der Waals surface area contributed by atoms with Gasteiger partial charge in [-0.15, -0.1) is 0 Å². The summed E-state index contributed by atoms with van der Waals surface area (Å²) in [5, 5.41) is 0. The molecule has 0 heteroatoms. The molecule has 1 aromatic rings. The SMILES string of the molecule is [CH2]CCCCCc1c(C)c(C)c(C)c(C)c1C. The largest absolute Gasteiger partial charge is 0.0533 e. The standard InChI is InChI=1S/C17H27/c1-7-8-9-10-11-17-15(5)13(3)12(2)14(4)16(17)6/h1,7-11H2,2-6H3. The van der Waals surface area contributed by atoms with Crippen molar-refractivity contribution in [3.8, 4) is 0 Å². The van der Waals surface area contributed by atoms with Crippen LogP contribution < -0.4 is 0 Å². The van der Waals surface area contributed by atoms with Crippen LogP contribution in [-0.4, -0.2) is 0 Å². The predicted octanol–water partition coefficient (Wildman–Crippen LogP) is 5.17. The molecule has 0 amide bonds. The third kappa shape index (κ3) is 3.12. The summed E-state index contributed by atoms with van der Waals surface area (Å²) in [5.74, 6) is 0. The molecule has 17 heavy (non-hydrogen) atoms. The normalized spacial score (nSPS) is 10.9. The molecule has 0 aliphatic rings. The quantitative estimate of drug-likeness (QED) is 0.614. The minimum atomic E-state index is 1.07. The Hall–Kier alpha value is -0.780. The molecule has 0 N–H and O–H groups in total. The molecule has 0 aliphatic carbocycles. The molecule has 0 spiro atoms. The van der Waals surface area contributed by atoms with E-state index in [1.165, 1.54) is 53.5 Å². The van der Waals surface area contributed by atoms with E-state index in [1.54, 1.807) is 5.56 Å². The molecule has 0 atom stereocenters. The van der Waals surface area contributed by atoms with Crippen LogP contribution in [0.2, 0.25) is 0 Å². The van der Waals surface area contributed by atoms with Gasteiger partial charge in [-0.2, -0.15) is 0 Å². The van der Waals surface area contributed by atoms with Crippen LogP contribution in [0.3, 0.4) is 0 Å². The van der Waals surface area contributed by atoms with Gasteiger partial charge in [-0.25, -0.2) is 0 Å². The number of unbranched alkanes of at least 4 members (excludes halogenated alkanes) is 3. The first-order valence-electron chi connectivity index (χ1n) is 6.85. The molecule has 1 aromatic carbocycles. The number of hydrogen-bond acceptors (Lipinski definition) is 0. The molecule has 0 heterocycles. The van der Waals surface area contributed by atoms with Gasteiger partial charge in [0.25, 0.3) is 0 Å². The molecule has 0 aliphatic heterocycles. The highest BCUT2D eigenvalue weighted by Crippen LogP contribution is 2.27. The molecular weight excluding hydrogens is 204 g/mol. The van der Waals surface area contributed by atoms with Crippen molar-refractivity contribution in [3.05, 3.63) is 40.3 Å². The van der Waals surface area contributed by atoms with E-state index < -0.39 is 0 Å². The number of benzene rings is 1. The maximum atomic E-state index is 3.91. The lowest BCUT2D eigenvalue weighted by Gasteiger charge is -2.18. The first-order chi connectivity index (χ1) is 8.00. The first-order valence-corrected chi connectivity index (χ1v) is 6.85. The Morgan fingerprint density at radius 1 is 0.647 bits per heavy atom. The topological polar surface area (TPSA) is 0 Å². The zero-order valence-corrected chi connectivity index (χ0v) is 12.2. The van der Waals surface area contributed by atoms with Crippen LogP contribution in [0.4, 0.5) is 0 Å². The van der Waals surface area contributed by atoms with Crippen molar-refractivity contribution in [1.29, 1.82) is 0 Å². The second kappa shape index (κ2) is 6.23. The fourth-order valence-corrected chi connectivity index (χ4v) is 2.61. The van der Waals surface area contributed by atoms with Crippen LogP contribution in [0, 0.1) is 41.5 Å². The average molecular weight is 231 g/mol. The lowest BCUT2D eigenvalue weighted by atomic mass is 9.87. The summed E-state index contributed by atoms with van der Waals surface area (Å²) in [7, 11) is 0. The van der Waals surface area contributed by atoms with Gasteiger partial charge in [-0.3, -0.25) is 0 Å². The molecular formula is C17H27. The zero-order valence-electron chi connectivity index (χ0n) is 12.2. The minimum Gasteiger partial charge on any atom is -0.0533 e. The van der Waals surface area contributed by atoms with Crippen molar-refractivity contribution in [3.63, 3.8) is 0 Å². The molecule has 95 valence electrons. The van der Waals surface area contributed by atoms with Gasteiger partial charge >= 0.3 is 0 Å². The van der Waals surface area contributed by atoms with Crippen LogP contribution in [0.25, 0.3) is 0 Å². The molecule has 0 saturated heterocycles. The van der Waals surface area contributed by atoms with Gasteiger partial charge in [0.1, 0.15) is 0 Å². The van der Waals surface area contributed by atoms with Crippen LogP contribution in [0.5, 0.6) is 0 Å². The van der Waals surface area contributed by atoms with Crippen molar-refractivity contribution < 1.29 is 0 Å².